The zero-order valence-electron chi connectivity index (χ0n) is 17.5. The van der Waals surface area contributed by atoms with Crippen LogP contribution in [0, 0.1) is 0 Å². The summed E-state index contributed by atoms with van der Waals surface area (Å²) in [6.45, 7) is 0.705. The Bertz CT molecular complexity index is 1020. The number of carbonyl (C=O) groups is 5. The molecule has 1 unspecified atom stereocenters. The fourth-order valence-corrected chi connectivity index (χ4v) is 3.20. The van der Waals surface area contributed by atoms with Crippen LogP contribution in [0.5, 0.6) is 0 Å². The van der Waals surface area contributed by atoms with Crippen LogP contribution in [-0.2, 0) is 23.9 Å². The second kappa shape index (κ2) is 10.3. The number of rotatable bonds is 8. The highest BCUT2D eigenvalue weighted by Crippen LogP contribution is 2.18. The summed E-state index contributed by atoms with van der Waals surface area (Å²) in [4.78, 5) is 60.7. The first-order valence-corrected chi connectivity index (χ1v) is 10.1. The SMILES string of the molecule is CC(NC(=O)c1ccccc1NC(=O)COC(=O)CN1C(=O)CCC1=O)c1ccccc1. The first-order chi connectivity index (χ1) is 15.3. The summed E-state index contributed by atoms with van der Waals surface area (Å²) >= 11 is 0. The molecule has 1 atom stereocenters. The molecule has 0 radical (unpaired) electrons. The maximum absolute atomic E-state index is 12.7. The molecule has 1 heterocycles. The molecule has 9 heteroatoms. The summed E-state index contributed by atoms with van der Waals surface area (Å²) in [6.07, 6.45) is 0.128. The fourth-order valence-electron chi connectivity index (χ4n) is 3.20. The summed E-state index contributed by atoms with van der Waals surface area (Å²) < 4.78 is 4.86. The Morgan fingerprint density at radius 2 is 1.59 bits per heavy atom. The van der Waals surface area contributed by atoms with E-state index in [9.17, 15) is 24.0 Å². The molecule has 2 aromatic carbocycles. The van der Waals surface area contributed by atoms with Crippen LogP contribution in [0.1, 0.15) is 41.7 Å². The Hall–Kier alpha value is -4.01. The Labute approximate surface area is 184 Å². The number of hydrogen-bond donors (Lipinski definition) is 2. The third-order valence-corrected chi connectivity index (χ3v) is 4.90. The molecule has 1 aliphatic heterocycles. The summed E-state index contributed by atoms with van der Waals surface area (Å²) in [5, 5.41) is 5.43. The van der Waals surface area contributed by atoms with Crippen molar-refractivity contribution < 1.29 is 28.7 Å². The van der Waals surface area contributed by atoms with Gasteiger partial charge >= 0.3 is 5.97 Å². The molecule has 166 valence electrons. The number of imide groups is 1. The summed E-state index contributed by atoms with van der Waals surface area (Å²) in [6, 6.07) is 15.6. The van der Waals surface area contributed by atoms with Crippen molar-refractivity contribution in [2.75, 3.05) is 18.5 Å². The van der Waals surface area contributed by atoms with Gasteiger partial charge in [-0.3, -0.25) is 28.9 Å². The molecule has 2 N–H and O–H groups in total. The number of amides is 4. The van der Waals surface area contributed by atoms with Crippen molar-refractivity contribution in [3.05, 3.63) is 65.7 Å². The van der Waals surface area contributed by atoms with E-state index in [0.29, 0.717) is 0 Å². The lowest BCUT2D eigenvalue weighted by Crippen LogP contribution is -2.36. The molecule has 32 heavy (non-hydrogen) atoms. The number of nitrogens with zero attached hydrogens (tertiary/aromatic N) is 1. The van der Waals surface area contributed by atoms with Gasteiger partial charge in [-0.25, -0.2) is 0 Å². The highest BCUT2D eigenvalue weighted by Gasteiger charge is 2.31. The van der Waals surface area contributed by atoms with Crippen molar-refractivity contribution in [2.45, 2.75) is 25.8 Å². The molecule has 0 saturated carbocycles. The average Bonchev–Trinajstić information content (AvgIpc) is 3.10. The second-order valence-corrected chi connectivity index (χ2v) is 7.23. The smallest absolute Gasteiger partial charge is 0.326 e. The van der Waals surface area contributed by atoms with Gasteiger partial charge in [0.25, 0.3) is 11.8 Å². The largest absolute Gasteiger partial charge is 0.454 e. The van der Waals surface area contributed by atoms with E-state index in [1.165, 1.54) is 0 Å². The van der Waals surface area contributed by atoms with Gasteiger partial charge in [-0.05, 0) is 24.6 Å². The third-order valence-electron chi connectivity index (χ3n) is 4.90. The van der Waals surface area contributed by atoms with Gasteiger partial charge in [0.05, 0.1) is 17.3 Å². The van der Waals surface area contributed by atoms with Crippen LogP contribution >= 0.6 is 0 Å². The molecular weight excluding hydrogens is 414 g/mol. The number of hydrogen-bond acceptors (Lipinski definition) is 6. The lowest BCUT2D eigenvalue weighted by molar-refractivity contribution is -0.153. The molecule has 0 aromatic heterocycles. The minimum Gasteiger partial charge on any atom is -0.454 e. The quantitative estimate of drug-likeness (QED) is 0.480. The molecule has 9 nitrogen and oxygen atoms in total. The normalized spacial score (nSPS) is 14.1. The van der Waals surface area contributed by atoms with E-state index in [0.717, 1.165) is 10.5 Å². The second-order valence-electron chi connectivity index (χ2n) is 7.23. The lowest BCUT2D eigenvalue weighted by atomic mass is 10.1. The fraction of sp³-hybridized carbons (Fsp3) is 0.261. The predicted molar refractivity (Wildman–Crippen MR) is 114 cm³/mol. The molecule has 1 saturated heterocycles. The zero-order valence-corrected chi connectivity index (χ0v) is 17.5. The number of esters is 1. The number of ether oxygens (including phenoxy) is 1. The van der Waals surface area contributed by atoms with E-state index >= 15 is 0 Å². The van der Waals surface area contributed by atoms with Gasteiger partial charge in [-0.2, -0.15) is 0 Å². The summed E-state index contributed by atoms with van der Waals surface area (Å²) in [5.74, 6) is -2.79. The minimum atomic E-state index is -0.869. The van der Waals surface area contributed by atoms with Gasteiger partial charge < -0.3 is 15.4 Å². The third kappa shape index (κ3) is 5.78. The lowest BCUT2D eigenvalue weighted by Gasteiger charge is -2.16. The van der Waals surface area contributed by atoms with Gasteiger partial charge in [-0.1, -0.05) is 42.5 Å². The van der Waals surface area contributed by atoms with Gasteiger partial charge in [0.15, 0.2) is 6.61 Å². The van der Waals surface area contributed by atoms with Crippen molar-refractivity contribution in [1.82, 2.24) is 10.2 Å². The molecule has 1 aliphatic rings. The Kier molecular flexibility index (Phi) is 7.33. The predicted octanol–water partition coefficient (Wildman–Crippen LogP) is 1.81. The van der Waals surface area contributed by atoms with E-state index in [4.69, 9.17) is 4.74 Å². The number of para-hydroxylation sites is 1. The molecule has 0 aliphatic carbocycles. The molecule has 4 amide bonds. The average molecular weight is 437 g/mol. The first-order valence-electron chi connectivity index (χ1n) is 10.1. The van der Waals surface area contributed by atoms with Gasteiger partial charge in [0.1, 0.15) is 6.54 Å². The highest BCUT2D eigenvalue weighted by molar-refractivity contribution is 6.05. The summed E-state index contributed by atoms with van der Waals surface area (Å²) in [5.41, 5.74) is 1.45. The van der Waals surface area contributed by atoms with Crippen LogP contribution in [0.3, 0.4) is 0 Å². The van der Waals surface area contributed by atoms with Crippen molar-refractivity contribution in [3.63, 3.8) is 0 Å². The topological polar surface area (TPSA) is 122 Å². The Morgan fingerprint density at radius 3 is 2.28 bits per heavy atom. The molecule has 0 spiro atoms. The van der Waals surface area contributed by atoms with Crippen LogP contribution in [-0.4, -0.2) is 47.6 Å². The molecule has 1 fully saturated rings. The van der Waals surface area contributed by atoms with E-state index < -0.39 is 36.8 Å². The van der Waals surface area contributed by atoms with Crippen LogP contribution in [0.4, 0.5) is 5.69 Å². The minimum absolute atomic E-state index is 0.0638. The summed E-state index contributed by atoms with van der Waals surface area (Å²) in [7, 11) is 0. The van der Waals surface area contributed by atoms with Crippen molar-refractivity contribution in [3.8, 4) is 0 Å². The van der Waals surface area contributed by atoms with E-state index in [1.54, 1.807) is 24.3 Å². The van der Waals surface area contributed by atoms with Crippen LogP contribution in [0.2, 0.25) is 0 Å². The monoisotopic (exact) mass is 437 g/mol. The highest BCUT2D eigenvalue weighted by atomic mass is 16.5. The van der Waals surface area contributed by atoms with Crippen LogP contribution in [0.25, 0.3) is 0 Å². The zero-order chi connectivity index (χ0) is 23.1. The van der Waals surface area contributed by atoms with Gasteiger partial charge in [-0.15, -0.1) is 0 Å². The van der Waals surface area contributed by atoms with Crippen LogP contribution in [0.15, 0.2) is 54.6 Å². The number of carbonyl (C=O) groups excluding carboxylic acids is 5. The number of benzene rings is 2. The van der Waals surface area contributed by atoms with Crippen molar-refractivity contribution in [2.24, 2.45) is 0 Å². The maximum atomic E-state index is 12.7. The van der Waals surface area contributed by atoms with Gasteiger partial charge in [0.2, 0.25) is 11.8 Å². The van der Waals surface area contributed by atoms with Gasteiger partial charge in [0, 0.05) is 12.8 Å². The Morgan fingerprint density at radius 1 is 0.969 bits per heavy atom. The molecule has 2 aromatic rings. The molecule has 0 bridgehead atoms. The number of anilines is 1. The van der Waals surface area contributed by atoms with Crippen molar-refractivity contribution in [1.29, 1.82) is 0 Å². The van der Waals surface area contributed by atoms with E-state index in [-0.39, 0.29) is 36.0 Å². The first kappa shape index (κ1) is 22.7. The standard InChI is InChI=1S/C23H23N3O6/c1-15(16-7-3-2-4-8-16)24-23(31)17-9-5-6-10-18(17)25-19(27)14-32-22(30)13-26-20(28)11-12-21(26)29/h2-10,15H,11-14H2,1H3,(H,24,31)(H,25,27). The van der Waals surface area contributed by atoms with Crippen LogP contribution < -0.4 is 10.6 Å². The van der Waals surface area contributed by atoms with E-state index in [2.05, 4.69) is 10.6 Å². The Balaban J connectivity index is 1.55. The van der Waals surface area contributed by atoms with Crippen molar-refractivity contribution >= 4 is 35.3 Å². The molecular formula is C23H23N3O6. The maximum Gasteiger partial charge on any atom is 0.326 e. The molecule has 3 rings (SSSR count). The van der Waals surface area contributed by atoms with E-state index in [1.807, 2.05) is 37.3 Å². The number of nitrogens with one attached hydrogen (secondary N) is 2. The number of likely N-dealkylation sites (tertiary alicyclic amines) is 1.